The highest BCUT2D eigenvalue weighted by Gasteiger charge is 2.23. The molecular formula is C19H20N2O5S. The molecule has 0 fully saturated rings. The average molecular weight is 388 g/mol. The molecule has 142 valence electrons. The normalized spacial score (nSPS) is 11.4. The molecule has 7 nitrogen and oxygen atoms in total. The Labute approximate surface area is 161 Å². The first kappa shape index (κ1) is 20.4. The van der Waals surface area contributed by atoms with Gasteiger partial charge in [-0.05, 0) is 36.6 Å². The van der Waals surface area contributed by atoms with Crippen molar-refractivity contribution in [2.24, 2.45) is 0 Å². The van der Waals surface area contributed by atoms with Gasteiger partial charge in [0.1, 0.15) is 12.6 Å². The fourth-order valence-electron chi connectivity index (χ4n) is 2.38. The Morgan fingerprint density at radius 2 is 1.81 bits per heavy atom. The molecule has 0 spiro atoms. The number of carbonyl (C=O) groups excluding carboxylic acids is 2. The van der Waals surface area contributed by atoms with Crippen LogP contribution in [0, 0.1) is 10.1 Å². The molecule has 0 aromatic heterocycles. The second-order valence-electron chi connectivity index (χ2n) is 5.67. The van der Waals surface area contributed by atoms with Gasteiger partial charge < -0.3 is 10.1 Å². The molecule has 2 aromatic rings. The van der Waals surface area contributed by atoms with Crippen LogP contribution >= 0.6 is 11.8 Å². The van der Waals surface area contributed by atoms with E-state index >= 15 is 0 Å². The molecule has 0 aliphatic rings. The van der Waals surface area contributed by atoms with Crippen molar-refractivity contribution in [2.75, 3.05) is 12.0 Å². The van der Waals surface area contributed by atoms with Crippen molar-refractivity contribution in [1.29, 1.82) is 0 Å². The van der Waals surface area contributed by atoms with E-state index in [9.17, 15) is 19.7 Å². The van der Waals surface area contributed by atoms with Gasteiger partial charge in [0.2, 0.25) is 0 Å². The van der Waals surface area contributed by atoms with Crippen LogP contribution in [0.1, 0.15) is 22.3 Å². The standard InChI is InChI=1S/C19H20N2O5S/c1-27-12-11-16(20-18(22)14-7-3-2-4-8-14)19(23)26-13-15-9-5-6-10-17(15)21(24)25/h2-10,16H,11-13H2,1H3,(H,20,22). The summed E-state index contributed by atoms with van der Waals surface area (Å²) in [6.45, 7) is -0.229. The number of hydrogen-bond acceptors (Lipinski definition) is 6. The lowest BCUT2D eigenvalue weighted by molar-refractivity contribution is -0.385. The molecule has 0 radical (unpaired) electrons. The fraction of sp³-hybridized carbons (Fsp3) is 0.263. The van der Waals surface area contributed by atoms with E-state index in [1.807, 2.05) is 6.26 Å². The van der Waals surface area contributed by atoms with E-state index in [1.54, 1.807) is 54.2 Å². The fourth-order valence-corrected chi connectivity index (χ4v) is 2.85. The number of benzene rings is 2. The third-order valence-corrected chi connectivity index (χ3v) is 4.44. The van der Waals surface area contributed by atoms with Gasteiger partial charge in [-0.3, -0.25) is 14.9 Å². The van der Waals surface area contributed by atoms with Gasteiger partial charge in [-0.15, -0.1) is 0 Å². The molecular weight excluding hydrogens is 368 g/mol. The zero-order valence-electron chi connectivity index (χ0n) is 14.8. The van der Waals surface area contributed by atoms with Gasteiger partial charge in [0.15, 0.2) is 0 Å². The van der Waals surface area contributed by atoms with Crippen LogP contribution in [0.5, 0.6) is 0 Å². The van der Waals surface area contributed by atoms with Gasteiger partial charge in [-0.1, -0.05) is 30.3 Å². The third-order valence-electron chi connectivity index (χ3n) is 3.79. The van der Waals surface area contributed by atoms with Crippen molar-refractivity contribution in [1.82, 2.24) is 5.32 Å². The van der Waals surface area contributed by atoms with Gasteiger partial charge in [0, 0.05) is 11.6 Å². The summed E-state index contributed by atoms with van der Waals surface area (Å²) in [6.07, 6.45) is 2.30. The van der Waals surface area contributed by atoms with Crippen LogP contribution in [0.3, 0.4) is 0 Å². The number of rotatable bonds is 9. The molecule has 27 heavy (non-hydrogen) atoms. The summed E-state index contributed by atoms with van der Waals surface area (Å²) < 4.78 is 5.25. The summed E-state index contributed by atoms with van der Waals surface area (Å²) >= 11 is 1.54. The summed E-state index contributed by atoms with van der Waals surface area (Å²) in [5.41, 5.74) is 0.631. The van der Waals surface area contributed by atoms with Crippen LogP contribution in [-0.4, -0.2) is 34.9 Å². The molecule has 0 bridgehead atoms. The Kier molecular flexibility index (Phi) is 7.81. The van der Waals surface area contributed by atoms with Crippen LogP contribution < -0.4 is 5.32 Å². The molecule has 1 amide bonds. The molecule has 1 atom stereocenters. The van der Waals surface area contributed by atoms with E-state index in [0.717, 1.165) is 0 Å². The number of amides is 1. The topological polar surface area (TPSA) is 98.5 Å². The quantitative estimate of drug-likeness (QED) is 0.402. The largest absolute Gasteiger partial charge is 0.459 e. The second kappa shape index (κ2) is 10.3. The minimum absolute atomic E-state index is 0.112. The van der Waals surface area contributed by atoms with Crippen LogP contribution in [0.25, 0.3) is 0 Å². The molecule has 1 N–H and O–H groups in total. The van der Waals surface area contributed by atoms with Crippen molar-refractivity contribution in [2.45, 2.75) is 19.1 Å². The second-order valence-corrected chi connectivity index (χ2v) is 6.65. The smallest absolute Gasteiger partial charge is 0.329 e. The molecule has 0 aliphatic heterocycles. The van der Waals surface area contributed by atoms with Gasteiger partial charge >= 0.3 is 5.97 Å². The summed E-state index contributed by atoms with van der Waals surface area (Å²) in [5.74, 6) is -0.337. The average Bonchev–Trinajstić information content (AvgIpc) is 2.69. The number of thioether (sulfide) groups is 1. The highest BCUT2D eigenvalue weighted by atomic mass is 32.2. The lowest BCUT2D eigenvalue weighted by Gasteiger charge is -2.17. The highest BCUT2D eigenvalue weighted by molar-refractivity contribution is 7.98. The zero-order chi connectivity index (χ0) is 19.6. The maximum absolute atomic E-state index is 12.5. The molecule has 2 rings (SSSR count). The van der Waals surface area contributed by atoms with Gasteiger partial charge in [0.25, 0.3) is 11.6 Å². The Balaban J connectivity index is 2.04. The Morgan fingerprint density at radius 3 is 2.48 bits per heavy atom. The van der Waals surface area contributed by atoms with Crippen molar-refractivity contribution in [3.8, 4) is 0 Å². The number of esters is 1. The Morgan fingerprint density at radius 1 is 1.15 bits per heavy atom. The van der Waals surface area contributed by atoms with Crippen LogP contribution in [0.2, 0.25) is 0 Å². The van der Waals surface area contributed by atoms with Crippen molar-refractivity contribution < 1.29 is 19.2 Å². The molecule has 0 aliphatic carbocycles. The number of nitrogens with one attached hydrogen (secondary N) is 1. The first-order valence-electron chi connectivity index (χ1n) is 8.26. The monoisotopic (exact) mass is 388 g/mol. The zero-order valence-corrected chi connectivity index (χ0v) is 15.6. The SMILES string of the molecule is CSCCC(NC(=O)c1ccccc1)C(=O)OCc1ccccc1[N+](=O)[O-]. The number of nitrogens with zero attached hydrogens (tertiary/aromatic N) is 1. The van der Waals surface area contributed by atoms with E-state index in [-0.39, 0.29) is 18.2 Å². The number of carbonyl (C=O) groups is 2. The lowest BCUT2D eigenvalue weighted by Crippen LogP contribution is -2.42. The predicted octanol–water partition coefficient (Wildman–Crippen LogP) is 3.19. The van der Waals surface area contributed by atoms with Crippen molar-refractivity contribution in [3.63, 3.8) is 0 Å². The van der Waals surface area contributed by atoms with Crippen molar-refractivity contribution in [3.05, 3.63) is 75.8 Å². The maximum atomic E-state index is 12.5. The minimum Gasteiger partial charge on any atom is -0.459 e. The van der Waals surface area contributed by atoms with E-state index in [4.69, 9.17) is 4.74 Å². The van der Waals surface area contributed by atoms with Crippen LogP contribution in [0.15, 0.2) is 54.6 Å². The molecule has 0 saturated heterocycles. The number of nitro benzene ring substituents is 1. The summed E-state index contributed by atoms with van der Waals surface area (Å²) in [6, 6.07) is 13.8. The molecule has 8 heteroatoms. The number of nitro groups is 1. The van der Waals surface area contributed by atoms with E-state index < -0.39 is 16.9 Å². The van der Waals surface area contributed by atoms with Gasteiger partial charge in [0.05, 0.1) is 10.5 Å². The van der Waals surface area contributed by atoms with Crippen LogP contribution in [0.4, 0.5) is 5.69 Å². The first-order chi connectivity index (χ1) is 13.0. The van der Waals surface area contributed by atoms with E-state index in [2.05, 4.69) is 5.32 Å². The summed E-state index contributed by atoms with van der Waals surface area (Å²) in [4.78, 5) is 35.3. The number of para-hydroxylation sites is 1. The van der Waals surface area contributed by atoms with E-state index in [0.29, 0.717) is 23.3 Å². The number of hydrogen-bond donors (Lipinski definition) is 1. The Bertz CT molecular complexity index is 798. The molecule has 2 aromatic carbocycles. The summed E-state index contributed by atoms with van der Waals surface area (Å²) in [5, 5.41) is 13.7. The molecule has 0 heterocycles. The number of ether oxygens (including phenoxy) is 1. The third kappa shape index (κ3) is 6.10. The van der Waals surface area contributed by atoms with Crippen LogP contribution in [-0.2, 0) is 16.1 Å². The molecule has 1 unspecified atom stereocenters. The predicted molar refractivity (Wildman–Crippen MR) is 104 cm³/mol. The highest BCUT2D eigenvalue weighted by Crippen LogP contribution is 2.19. The minimum atomic E-state index is -0.826. The first-order valence-corrected chi connectivity index (χ1v) is 9.66. The lowest BCUT2D eigenvalue weighted by atomic mass is 10.1. The van der Waals surface area contributed by atoms with Gasteiger partial charge in [-0.25, -0.2) is 4.79 Å². The van der Waals surface area contributed by atoms with Gasteiger partial charge in [-0.2, -0.15) is 11.8 Å². The molecule has 0 saturated carbocycles. The van der Waals surface area contributed by atoms with Crippen molar-refractivity contribution >= 4 is 29.3 Å². The summed E-state index contributed by atoms with van der Waals surface area (Å²) in [7, 11) is 0. The Hall–Kier alpha value is -2.87. The van der Waals surface area contributed by atoms with E-state index in [1.165, 1.54) is 12.1 Å². The maximum Gasteiger partial charge on any atom is 0.329 e.